The second-order valence-corrected chi connectivity index (χ2v) is 6.58. The first-order valence-corrected chi connectivity index (χ1v) is 8.33. The minimum atomic E-state index is -2.59. The summed E-state index contributed by atoms with van der Waals surface area (Å²) in [6, 6.07) is 20.0. The number of carbonyl (C=O) groups is 1. The molecule has 0 aromatic heterocycles. The number of rotatable bonds is 4. The molecule has 0 heterocycles. The van der Waals surface area contributed by atoms with Gasteiger partial charge < -0.3 is 9.30 Å². The van der Waals surface area contributed by atoms with Crippen molar-refractivity contribution in [2.24, 2.45) is 0 Å². The molecule has 0 fully saturated rings. The van der Waals surface area contributed by atoms with Crippen molar-refractivity contribution in [1.29, 1.82) is 0 Å². The Bertz CT molecular complexity index is 857. The summed E-state index contributed by atoms with van der Waals surface area (Å²) in [7, 11) is -1.07. The molecular formula is C18H15O3P. The fourth-order valence-corrected chi connectivity index (χ4v) is 3.73. The van der Waals surface area contributed by atoms with Crippen LogP contribution in [0.5, 0.6) is 5.75 Å². The predicted octanol–water partition coefficient (Wildman–Crippen LogP) is 3.87. The van der Waals surface area contributed by atoms with Crippen molar-refractivity contribution >= 4 is 29.4 Å². The van der Waals surface area contributed by atoms with E-state index in [1.54, 1.807) is 30.3 Å². The number of ether oxygens (including phenoxy) is 1. The lowest BCUT2D eigenvalue weighted by atomic mass is 10.0. The summed E-state index contributed by atoms with van der Waals surface area (Å²) in [6.07, 6.45) is 0. The van der Waals surface area contributed by atoms with Gasteiger partial charge in [0.05, 0.1) is 12.7 Å². The maximum atomic E-state index is 12.8. The zero-order valence-corrected chi connectivity index (χ0v) is 13.1. The average molecular weight is 310 g/mol. The number of carbonyl (C=O) groups excluding carboxylic acids is 1. The van der Waals surface area contributed by atoms with E-state index in [1.165, 1.54) is 7.11 Å². The molecule has 1 atom stereocenters. The van der Waals surface area contributed by atoms with E-state index in [9.17, 15) is 9.36 Å². The topological polar surface area (TPSA) is 43.4 Å². The Hall–Kier alpha value is -2.38. The van der Waals surface area contributed by atoms with Gasteiger partial charge in [0, 0.05) is 5.30 Å². The molecule has 4 heteroatoms. The highest BCUT2D eigenvalue weighted by atomic mass is 31.1. The van der Waals surface area contributed by atoms with Crippen LogP contribution in [0.15, 0.2) is 66.7 Å². The van der Waals surface area contributed by atoms with E-state index in [2.05, 4.69) is 0 Å². The highest BCUT2D eigenvalue weighted by Gasteiger charge is 2.22. The third-order valence-corrected chi connectivity index (χ3v) is 5.10. The Morgan fingerprint density at radius 3 is 2.32 bits per heavy atom. The molecule has 3 nitrogen and oxygen atoms in total. The monoisotopic (exact) mass is 310 g/mol. The summed E-state index contributed by atoms with van der Waals surface area (Å²) >= 11 is 0. The molecule has 110 valence electrons. The summed E-state index contributed by atoms with van der Waals surface area (Å²) in [5.41, 5.74) is 0.0261. The van der Waals surface area contributed by atoms with E-state index >= 15 is 0 Å². The third-order valence-electron chi connectivity index (χ3n) is 3.58. The highest BCUT2D eigenvalue weighted by Crippen LogP contribution is 2.35. The van der Waals surface area contributed by atoms with Crippen LogP contribution < -0.4 is 10.0 Å². The zero-order valence-electron chi connectivity index (χ0n) is 12.1. The number of methoxy groups -OCH3 is 1. The first-order chi connectivity index (χ1) is 10.7. The van der Waals surface area contributed by atoms with Crippen molar-refractivity contribution in [3.8, 4) is 5.75 Å². The van der Waals surface area contributed by atoms with Gasteiger partial charge in [-0.1, -0.05) is 60.7 Å². The van der Waals surface area contributed by atoms with Crippen LogP contribution in [0, 0.1) is 0 Å². The fraction of sp³-hybridized carbons (Fsp3) is 0.0556. The van der Waals surface area contributed by atoms with Crippen molar-refractivity contribution in [3.63, 3.8) is 0 Å². The largest absolute Gasteiger partial charge is 0.496 e. The molecule has 3 rings (SSSR count). The third kappa shape index (κ3) is 2.56. The molecule has 0 N–H and O–H groups in total. The maximum Gasteiger partial charge on any atom is 0.227 e. The Balaban J connectivity index is 2.16. The first kappa shape index (κ1) is 14.6. The molecular weight excluding hydrogens is 295 g/mol. The van der Waals surface area contributed by atoms with Crippen LogP contribution >= 0.6 is 7.80 Å². The van der Waals surface area contributed by atoms with E-state index in [4.69, 9.17) is 4.74 Å². The number of benzene rings is 3. The Morgan fingerprint density at radius 1 is 0.909 bits per heavy atom. The Kier molecular flexibility index (Phi) is 4.08. The van der Waals surface area contributed by atoms with Gasteiger partial charge in [-0.3, -0.25) is 4.79 Å². The first-order valence-electron chi connectivity index (χ1n) is 6.92. The number of hydrogen-bond donors (Lipinski definition) is 0. The van der Waals surface area contributed by atoms with E-state index in [0.29, 0.717) is 16.6 Å². The van der Waals surface area contributed by atoms with Gasteiger partial charge in [-0.2, -0.15) is 0 Å². The van der Waals surface area contributed by atoms with Crippen LogP contribution in [0.1, 0.15) is 10.4 Å². The lowest BCUT2D eigenvalue weighted by molar-refractivity contribution is 0.107. The van der Waals surface area contributed by atoms with Gasteiger partial charge >= 0.3 is 0 Å². The maximum absolute atomic E-state index is 12.8. The Labute approximate surface area is 129 Å². The SMILES string of the molecule is COc1ccc2ccccc2c1C(=O)[PH](=O)c1ccccc1. The van der Waals surface area contributed by atoms with Crippen LogP contribution in [0.3, 0.4) is 0 Å². The van der Waals surface area contributed by atoms with Gasteiger partial charge in [-0.15, -0.1) is 0 Å². The van der Waals surface area contributed by atoms with Crippen LogP contribution in [-0.4, -0.2) is 12.6 Å². The normalized spacial score (nSPS) is 12.0. The van der Waals surface area contributed by atoms with Crippen molar-refractivity contribution < 1.29 is 14.1 Å². The fourth-order valence-electron chi connectivity index (χ4n) is 2.49. The van der Waals surface area contributed by atoms with Gasteiger partial charge in [0.25, 0.3) is 0 Å². The molecule has 0 spiro atoms. The molecule has 22 heavy (non-hydrogen) atoms. The quantitative estimate of drug-likeness (QED) is 0.687. The number of fused-ring (bicyclic) bond motifs is 1. The minimum absolute atomic E-state index is 0.371. The van der Waals surface area contributed by atoms with Crippen LogP contribution in [-0.2, 0) is 4.57 Å². The lowest BCUT2D eigenvalue weighted by Crippen LogP contribution is -2.06. The van der Waals surface area contributed by atoms with Crippen LogP contribution in [0.4, 0.5) is 0 Å². The van der Waals surface area contributed by atoms with Crippen molar-refractivity contribution in [1.82, 2.24) is 0 Å². The average Bonchev–Trinajstić information content (AvgIpc) is 2.60. The van der Waals surface area contributed by atoms with E-state index in [-0.39, 0.29) is 5.52 Å². The Morgan fingerprint density at radius 2 is 1.59 bits per heavy atom. The molecule has 3 aromatic rings. The predicted molar refractivity (Wildman–Crippen MR) is 89.9 cm³/mol. The summed E-state index contributed by atoms with van der Waals surface area (Å²) in [6.45, 7) is 0. The van der Waals surface area contributed by atoms with E-state index in [0.717, 1.165) is 10.8 Å². The van der Waals surface area contributed by atoms with E-state index in [1.807, 2.05) is 36.4 Å². The standard InChI is InChI=1S/C18H15O3P/c1-21-16-12-11-13-7-5-6-10-15(13)17(16)18(19)22(20)14-8-3-2-4-9-14/h2-12,22H,1H3. The molecule has 1 unspecified atom stereocenters. The smallest absolute Gasteiger partial charge is 0.227 e. The minimum Gasteiger partial charge on any atom is -0.496 e. The summed E-state index contributed by atoms with van der Waals surface area (Å²) in [5.74, 6) is 0.456. The number of hydrogen-bond acceptors (Lipinski definition) is 3. The summed E-state index contributed by atoms with van der Waals surface area (Å²) < 4.78 is 18.0. The van der Waals surface area contributed by atoms with Gasteiger partial charge in [0.2, 0.25) is 5.52 Å². The van der Waals surface area contributed by atoms with Crippen molar-refractivity contribution in [2.45, 2.75) is 0 Å². The van der Waals surface area contributed by atoms with Gasteiger partial charge in [-0.25, -0.2) is 0 Å². The summed E-state index contributed by atoms with van der Waals surface area (Å²) in [4.78, 5) is 12.8. The van der Waals surface area contributed by atoms with Gasteiger partial charge in [-0.05, 0) is 16.8 Å². The van der Waals surface area contributed by atoms with Crippen LogP contribution in [0.25, 0.3) is 10.8 Å². The molecule has 0 bridgehead atoms. The molecule has 0 saturated carbocycles. The van der Waals surface area contributed by atoms with Crippen molar-refractivity contribution in [2.75, 3.05) is 7.11 Å². The molecule has 3 aromatic carbocycles. The highest BCUT2D eigenvalue weighted by molar-refractivity contribution is 7.71. The molecule has 0 aliphatic carbocycles. The molecule has 0 aliphatic heterocycles. The molecule has 0 radical (unpaired) electrons. The van der Waals surface area contributed by atoms with Crippen molar-refractivity contribution in [3.05, 3.63) is 72.3 Å². The molecule has 0 amide bonds. The lowest BCUT2D eigenvalue weighted by Gasteiger charge is -2.11. The zero-order chi connectivity index (χ0) is 15.5. The second kappa shape index (κ2) is 6.17. The van der Waals surface area contributed by atoms with Gasteiger partial charge in [0.15, 0.2) is 7.80 Å². The van der Waals surface area contributed by atoms with Crippen LogP contribution in [0.2, 0.25) is 0 Å². The van der Waals surface area contributed by atoms with Gasteiger partial charge in [0.1, 0.15) is 5.75 Å². The molecule has 0 saturated heterocycles. The molecule has 0 aliphatic rings. The summed E-state index contributed by atoms with van der Waals surface area (Å²) in [5, 5.41) is 2.25. The second-order valence-electron chi connectivity index (χ2n) is 4.89. The van der Waals surface area contributed by atoms with E-state index < -0.39 is 7.80 Å².